The molecule has 1 aromatic carbocycles. The Morgan fingerprint density at radius 3 is 2.35 bits per heavy atom. The number of esters is 2. The molecule has 0 unspecified atom stereocenters. The summed E-state index contributed by atoms with van der Waals surface area (Å²) in [6.45, 7) is 2.04. The molecule has 0 heterocycles. The summed E-state index contributed by atoms with van der Waals surface area (Å²) in [5, 5.41) is 0. The number of methoxy groups -OCH3 is 2. The number of hydrogen-bond donors (Lipinski definition) is 0. The van der Waals surface area contributed by atoms with Gasteiger partial charge in [-0.05, 0) is 31.2 Å². The first-order chi connectivity index (χ1) is 9.56. The standard InChI is InChI=1S/C15H20O4S/c1-11-4-6-13(7-5-11)20-9-8-12(15(17)19-3)10-14(16)18-2/h4-7,12H,8-10H2,1-3H3/t12-/m1/s1. The maximum absolute atomic E-state index is 11.6. The summed E-state index contributed by atoms with van der Waals surface area (Å²) < 4.78 is 9.32. The molecule has 0 saturated heterocycles. The third kappa shape index (κ3) is 5.65. The number of ether oxygens (including phenoxy) is 2. The minimum Gasteiger partial charge on any atom is -0.469 e. The van der Waals surface area contributed by atoms with Gasteiger partial charge < -0.3 is 9.47 Å². The molecule has 1 aromatic rings. The highest BCUT2D eigenvalue weighted by Gasteiger charge is 2.22. The Kier molecular flexibility index (Phi) is 7.15. The highest BCUT2D eigenvalue weighted by atomic mass is 32.2. The SMILES string of the molecule is COC(=O)C[C@@H](CCSc1ccc(C)cc1)C(=O)OC. The second-order valence-electron chi connectivity index (χ2n) is 4.45. The summed E-state index contributed by atoms with van der Waals surface area (Å²) in [6.07, 6.45) is 0.651. The fraction of sp³-hybridized carbons (Fsp3) is 0.467. The van der Waals surface area contributed by atoms with E-state index < -0.39 is 5.92 Å². The molecule has 0 bridgehead atoms. The van der Waals surface area contributed by atoms with Gasteiger partial charge in [-0.25, -0.2) is 0 Å². The zero-order valence-electron chi connectivity index (χ0n) is 12.0. The van der Waals surface area contributed by atoms with Crippen molar-refractivity contribution >= 4 is 23.7 Å². The Morgan fingerprint density at radius 2 is 1.80 bits per heavy atom. The van der Waals surface area contributed by atoms with Crippen LogP contribution in [0, 0.1) is 12.8 Å². The topological polar surface area (TPSA) is 52.6 Å². The highest BCUT2D eigenvalue weighted by molar-refractivity contribution is 7.99. The predicted molar refractivity (Wildman–Crippen MR) is 78.7 cm³/mol. The van der Waals surface area contributed by atoms with Gasteiger partial charge in [0.2, 0.25) is 0 Å². The molecular formula is C15H20O4S. The average molecular weight is 296 g/mol. The molecule has 1 atom stereocenters. The lowest BCUT2D eigenvalue weighted by Gasteiger charge is -2.13. The molecule has 0 amide bonds. The van der Waals surface area contributed by atoms with Crippen LogP contribution in [0.5, 0.6) is 0 Å². The van der Waals surface area contributed by atoms with E-state index in [0.29, 0.717) is 6.42 Å². The zero-order chi connectivity index (χ0) is 15.0. The third-order valence-corrected chi connectivity index (χ3v) is 3.98. The van der Waals surface area contributed by atoms with Gasteiger partial charge in [0, 0.05) is 4.90 Å². The van der Waals surface area contributed by atoms with Crippen LogP contribution in [0.25, 0.3) is 0 Å². The number of carbonyl (C=O) groups is 2. The first kappa shape index (κ1) is 16.6. The van der Waals surface area contributed by atoms with Crippen molar-refractivity contribution in [1.29, 1.82) is 0 Å². The highest BCUT2D eigenvalue weighted by Crippen LogP contribution is 2.22. The third-order valence-electron chi connectivity index (χ3n) is 2.93. The Hall–Kier alpha value is -1.49. The second-order valence-corrected chi connectivity index (χ2v) is 5.62. The van der Waals surface area contributed by atoms with Crippen LogP contribution in [0.15, 0.2) is 29.2 Å². The van der Waals surface area contributed by atoms with Crippen LogP contribution >= 0.6 is 11.8 Å². The number of hydrogen-bond acceptors (Lipinski definition) is 5. The van der Waals surface area contributed by atoms with E-state index in [0.717, 1.165) is 10.6 Å². The minimum absolute atomic E-state index is 0.0671. The Labute approximate surface area is 123 Å². The Bertz CT molecular complexity index is 442. The van der Waals surface area contributed by atoms with Crippen LogP contribution in [0.4, 0.5) is 0 Å². The fourth-order valence-corrected chi connectivity index (χ4v) is 2.67. The van der Waals surface area contributed by atoms with Gasteiger partial charge in [0.05, 0.1) is 26.6 Å². The maximum atomic E-state index is 11.6. The van der Waals surface area contributed by atoms with Crippen LogP contribution < -0.4 is 0 Å². The first-order valence-electron chi connectivity index (χ1n) is 6.41. The summed E-state index contributed by atoms with van der Waals surface area (Å²) in [5.74, 6) is -0.439. The van der Waals surface area contributed by atoms with Gasteiger partial charge in [0.15, 0.2) is 0 Å². The smallest absolute Gasteiger partial charge is 0.309 e. The van der Waals surface area contributed by atoms with Crippen LogP contribution in [0.3, 0.4) is 0 Å². The van der Waals surface area contributed by atoms with E-state index in [1.165, 1.54) is 19.8 Å². The summed E-state index contributed by atoms with van der Waals surface area (Å²) in [6, 6.07) is 8.20. The van der Waals surface area contributed by atoms with Gasteiger partial charge in [-0.3, -0.25) is 9.59 Å². The first-order valence-corrected chi connectivity index (χ1v) is 7.39. The van der Waals surface area contributed by atoms with Gasteiger partial charge in [-0.15, -0.1) is 11.8 Å². The van der Waals surface area contributed by atoms with E-state index >= 15 is 0 Å². The van der Waals surface area contributed by atoms with Crippen molar-refractivity contribution in [3.63, 3.8) is 0 Å². The molecule has 0 aliphatic heterocycles. The lowest BCUT2D eigenvalue weighted by molar-refractivity contribution is -0.152. The molecule has 0 N–H and O–H groups in total. The van der Waals surface area contributed by atoms with E-state index in [-0.39, 0.29) is 18.4 Å². The molecule has 1 rings (SSSR count). The molecule has 0 aliphatic carbocycles. The van der Waals surface area contributed by atoms with Crippen molar-refractivity contribution in [3.05, 3.63) is 29.8 Å². The molecule has 0 saturated carbocycles. The second kappa shape index (κ2) is 8.64. The van der Waals surface area contributed by atoms with Crippen LogP contribution in [-0.2, 0) is 19.1 Å². The molecular weight excluding hydrogens is 276 g/mol. The number of carbonyl (C=O) groups excluding carboxylic acids is 2. The number of rotatable bonds is 7. The van der Waals surface area contributed by atoms with Crippen LogP contribution in [-0.4, -0.2) is 31.9 Å². The van der Waals surface area contributed by atoms with E-state index in [4.69, 9.17) is 4.74 Å². The molecule has 4 nitrogen and oxygen atoms in total. The quantitative estimate of drug-likeness (QED) is 0.572. The maximum Gasteiger partial charge on any atom is 0.309 e. The van der Waals surface area contributed by atoms with Crippen molar-refractivity contribution in [2.24, 2.45) is 5.92 Å². The van der Waals surface area contributed by atoms with Crippen molar-refractivity contribution < 1.29 is 19.1 Å². The normalized spacial score (nSPS) is 11.8. The summed E-state index contributed by atoms with van der Waals surface area (Å²) in [4.78, 5) is 24.0. The summed E-state index contributed by atoms with van der Waals surface area (Å²) >= 11 is 1.66. The number of aryl methyl sites for hydroxylation is 1. The summed E-state index contributed by atoms with van der Waals surface area (Å²) in [5.41, 5.74) is 1.22. The molecule has 0 fully saturated rings. The van der Waals surface area contributed by atoms with Crippen molar-refractivity contribution in [1.82, 2.24) is 0 Å². The van der Waals surface area contributed by atoms with Gasteiger partial charge in [-0.1, -0.05) is 17.7 Å². The predicted octanol–water partition coefficient (Wildman–Crippen LogP) is 2.83. The van der Waals surface area contributed by atoms with Gasteiger partial charge in [0.1, 0.15) is 0 Å². The number of benzene rings is 1. The van der Waals surface area contributed by atoms with Crippen LogP contribution in [0.2, 0.25) is 0 Å². The van der Waals surface area contributed by atoms with Crippen molar-refractivity contribution in [2.75, 3.05) is 20.0 Å². The van der Waals surface area contributed by atoms with E-state index in [9.17, 15) is 9.59 Å². The van der Waals surface area contributed by atoms with Crippen molar-refractivity contribution in [3.8, 4) is 0 Å². The minimum atomic E-state index is -0.439. The Morgan fingerprint density at radius 1 is 1.15 bits per heavy atom. The Balaban J connectivity index is 2.47. The molecule has 5 heteroatoms. The zero-order valence-corrected chi connectivity index (χ0v) is 12.9. The summed E-state index contributed by atoms with van der Waals surface area (Å²) in [7, 11) is 2.65. The molecule has 0 aromatic heterocycles. The number of thioether (sulfide) groups is 1. The molecule has 20 heavy (non-hydrogen) atoms. The lowest BCUT2D eigenvalue weighted by atomic mass is 10.0. The van der Waals surface area contributed by atoms with E-state index in [2.05, 4.69) is 16.9 Å². The molecule has 0 spiro atoms. The van der Waals surface area contributed by atoms with Crippen molar-refractivity contribution in [2.45, 2.75) is 24.7 Å². The van der Waals surface area contributed by atoms with Gasteiger partial charge in [-0.2, -0.15) is 0 Å². The van der Waals surface area contributed by atoms with E-state index in [1.807, 2.05) is 19.1 Å². The molecule has 0 radical (unpaired) electrons. The average Bonchev–Trinajstić information content (AvgIpc) is 2.47. The van der Waals surface area contributed by atoms with Crippen LogP contribution in [0.1, 0.15) is 18.4 Å². The fourth-order valence-electron chi connectivity index (χ4n) is 1.71. The van der Waals surface area contributed by atoms with Gasteiger partial charge in [0.25, 0.3) is 0 Å². The monoisotopic (exact) mass is 296 g/mol. The van der Waals surface area contributed by atoms with E-state index in [1.54, 1.807) is 11.8 Å². The molecule has 0 aliphatic rings. The molecule has 110 valence electrons. The largest absolute Gasteiger partial charge is 0.469 e. The lowest BCUT2D eigenvalue weighted by Crippen LogP contribution is -2.21. The van der Waals surface area contributed by atoms with Gasteiger partial charge >= 0.3 is 11.9 Å².